The van der Waals surface area contributed by atoms with Crippen LogP contribution in [0.15, 0.2) is 0 Å². The molecule has 0 heterocycles. The van der Waals surface area contributed by atoms with Gasteiger partial charge in [0.15, 0.2) is 0 Å². The van der Waals surface area contributed by atoms with Gasteiger partial charge in [-0.2, -0.15) is 0 Å². The normalized spacial score (nSPS) is 41.6. The van der Waals surface area contributed by atoms with Gasteiger partial charge in [0.05, 0.1) is 0 Å². The third-order valence-electron chi connectivity index (χ3n) is 2.77. The van der Waals surface area contributed by atoms with Crippen molar-refractivity contribution < 1.29 is 4.79 Å². The van der Waals surface area contributed by atoms with Crippen LogP contribution in [0.25, 0.3) is 0 Å². The zero-order valence-electron chi connectivity index (χ0n) is 5.60. The molecule has 0 aromatic heterocycles. The molecule has 0 spiro atoms. The molecule has 0 unspecified atom stereocenters. The molecule has 2 atom stereocenters. The van der Waals surface area contributed by atoms with Crippen LogP contribution in [0, 0.1) is 11.8 Å². The lowest BCUT2D eigenvalue weighted by atomic mass is 9.88. The van der Waals surface area contributed by atoms with Crippen LogP contribution in [0.1, 0.15) is 32.1 Å². The Bertz CT molecular complexity index is 122. The monoisotopic (exact) mass is 124 g/mol. The number of hydrogen-bond donors (Lipinski definition) is 0. The minimum Gasteiger partial charge on any atom is -0.299 e. The van der Waals surface area contributed by atoms with E-state index in [1.54, 1.807) is 0 Å². The first-order chi connectivity index (χ1) is 4.38. The summed E-state index contributed by atoms with van der Waals surface area (Å²) in [5, 5.41) is 0. The Balaban J connectivity index is 2.19. The van der Waals surface area contributed by atoms with Crippen LogP contribution in [0.2, 0.25) is 0 Å². The van der Waals surface area contributed by atoms with E-state index in [9.17, 15) is 4.79 Å². The van der Waals surface area contributed by atoms with Gasteiger partial charge in [-0.3, -0.25) is 4.79 Å². The topological polar surface area (TPSA) is 17.1 Å². The summed E-state index contributed by atoms with van der Waals surface area (Å²) in [4.78, 5) is 11.2. The SMILES string of the molecule is O=C1[C@@H]2CCC[C@H]1CC2. The fourth-order valence-electron chi connectivity index (χ4n) is 2.20. The maximum atomic E-state index is 11.2. The molecule has 0 aromatic rings. The van der Waals surface area contributed by atoms with E-state index in [0.717, 1.165) is 0 Å². The lowest BCUT2D eigenvalue weighted by Gasteiger charge is -2.15. The van der Waals surface area contributed by atoms with Gasteiger partial charge in [0.1, 0.15) is 5.78 Å². The van der Waals surface area contributed by atoms with Crippen molar-refractivity contribution in [1.29, 1.82) is 0 Å². The van der Waals surface area contributed by atoms with E-state index in [-0.39, 0.29) is 0 Å². The van der Waals surface area contributed by atoms with E-state index in [0.29, 0.717) is 17.6 Å². The largest absolute Gasteiger partial charge is 0.299 e. The van der Waals surface area contributed by atoms with Gasteiger partial charge >= 0.3 is 0 Å². The van der Waals surface area contributed by atoms with Gasteiger partial charge < -0.3 is 0 Å². The number of hydrogen-bond acceptors (Lipinski definition) is 1. The van der Waals surface area contributed by atoms with E-state index in [4.69, 9.17) is 0 Å². The Morgan fingerprint density at radius 1 is 1.00 bits per heavy atom. The minimum absolute atomic E-state index is 0.490. The van der Waals surface area contributed by atoms with E-state index < -0.39 is 0 Å². The zero-order chi connectivity index (χ0) is 6.27. The standard InChI is InChI=1S/C8H12O/c9-8-6-2-1-3-7(8)5-4-6/h6-7H,1-5H2/t6-,7+. The molecule has 2 fully saturated rings. The number of carbonyl (C=O) groups is 1. The summed E-state index contributed by atoms with van der Waals surface area (Å²) in [6, 6.07) is 0. The molecule has 0 saturated heterocycles. The first-order valence-electron chi connectivity index (χ1n) is 3.91. The average molecular weight is 124 g/mol. The van der Waals surface area contributed by atoms with E-state index in [1.165, 1.54) is 32.1 Å². The molecule has 0 radical (unpaired) electrons. The molecule has 2 aliphatic carbocycles. The highest BCUT2D eigenvalue weighted by atomic mass is 16.1. The molecule has 9 heavy (non-hydrogen) atoms. The number of ketones is 1. The Labute approximate surface area is 55.4 Å². The molecular formula is C8H12O. The van der Waals surface area contributed by atoms with Crippen molar-refractivity contribution >= 4 is 5.78 Å². The fourth-order valence-corrected chi connectivity index (χ4v) is 2.20. The predicted molar refractivity (Wildman–Crippen MR) is 35.1 cm³/mol. The Hall–Kier alpha value is -0.330. The van der Waals surface area contributed by atoms with Gasteiger partial charge in [-0.15, -0.1) is 0 Å². The molecule has 0 N–H and O–H groups in total. The molecule has 2 bridgehead atoms. The van der Waals surface area contributed by atoms with Gasteiger partial charge in [-0.25, -0.2) is 0 Å². The Kier molecular flexibility index (Phi) is 1.11. The highest BCUT2D eigenvalue weighted by Crippen LogP contribution is 2.38. The predicted octanol–water partition coefficient (Wildman–Crippen LogP) is 1.77. The van der Waals surface area contributed by atoms with Crippen molar-refractivity contribution in [2.75, 3.05) is 0 Å². The van der Waals surface area contributed by atoms with Crippen molar-refractivity contribution in [2.24, 2.45) is 11.8 Å². The molecule has 0 amide bonds. The summed E-state index contributed by atoms with van der Waals surface area (Å²) < 4.78 is 0. The van der Waals surface area contributed by atoms with Crippen molar-refractivity contribution in [1.82, 2.24) is 0 Å². The number of fused-ring (bicyclic) bond motifs is 2. The summed E-state index contributed by atoms with van der Waals surface area (Å²) >= 11 is 0. The van der Waals surface area contributed by atoms with E-state index in [1.807, 2.05) is 0 Å². The second kappa shape index (κ2) is 1.83. The lowest BCUT2D eigenvalue weighted by molar-refractivity contribution is -0.125. The fraction of sp³-hybridized carbons (Fsp3) is 0.875. The number of rotatable bonds is 0. The Morgan fingerprint density at radius 3 is 2.00 bits per heavy atom. The Morgan fingerprint density at radius 2 is 1.56 bits per heavy atom. The minimum atomic E-state index is 0.490. The van der Waals surface area contributed by atoms with E-state index in [2.05, 4.69) is 0 Å². The summed E-state index contributed by atoms with van der Waals surface area (Å²) in [7, 11) is 0. The molecule has 2 saturated carbocycles. The van der Waals surface area contributed by atoms with Gasteiger partial charge in [0.2, 0.25) is 0 Å². The van der Waals surface area contributed by atoms with Gasteiger partial charge in [0, 0.05) is 11.8 Å². The van der Waals surface area contributed by atoms with Crippen LogP contribution in [-0.2, 0) is 4.79 Å². The maximum absolute atomic E-state index is 11.2. The molecule has 1 heteroatoms. The highest BCUT2D eigenvalue weighted by molar-refractivity contribution is 5.85. The lowest BCUT2D eigenvalue weighted by Crippen LogP contribution is -2.18. The van der Waals surface area contributed by atoms with Crippen LogP contribution in [0.3, 0.4) is 0 Å². The van der Waals surface area contributed by atoms with Gasteiger partial charge in [-0.05, 0) is 25.7 Å². The van der Waals surface area contributed by atoms with Crippen molar-refractivity contribution in [2.45, 2.75) is 32.1 Å². The smallest absolute Gasteiger partial charge is 0.139 e. The second-order valence-corrected chi connectivity index (χ2v) is 3.30. The summed E-state index contributed by atoms with van der Waals surface area (Å²) in [5.41, 5.74) is 0. The molecule has 50 valence electrons. The molecule has 2 aliphatic rings. The van der Waals surface area contributed by atoms with Crippen LogP contribution < -0.4 is 0 Å². The van der Waals surface area contributed by atoms with Gasteiger partial charge in [-0.1, -0.05) is 6.42 Å². The van der Waals surface area contributed by atoms with Crippen molar-refractivity contribution in [3.63, 3.8) is 0 Å². The summed E-state index contributed by atoms with van der Waals surface area (Å²) in [6.07, 6.45) is 6.08. The molecule has 0 aromatic carbocycles. The first-order valence-corrected chi connectivity index (χ1v) is 3.91. The highest BCUT2D eigenvalue weighted by Gasteiger charge is 2.36. The summed E-state index contributed by atoms with van der Waals surface area (Å²) in [5.74, 6) is 1.56. The maximum Gasteiger partial charge on any atom is 0.139 e. The molecule has 0 aliphatic heterocycles. The molecule has 2 rings (SSSR count). The second-order valence-electron chi connectivity index (χ2n) is 3.30. The molecule has 1 nitrogen and oxygen atoms in total. The quantitative estimate of drug-likeness (QED) is 0.481. The first kappa shape index (κ1) is 5.45. The van der Waals surface area contributed by atoms with Crippen molar-refractivity contribution in [3.8, 4) is 0 Å². The average Bonchev–Trinajstić information content (AvgIpc) is 2.19. The van der Waals surface area contributed by atoms with Crippen molar-refractivity contribution in [3.05, 3.63) is 0 Å². The molecular weight excluding hydrogens is 112 g/mol. The van der Waals surface area contributed by atoms with E-state index >= 15 is 0 Å². The van der Waals surface area contributed by atoms with Crippen LogP contribution in [0.5, 0.6) is 0 Å². The van der Waals surface area contributed by atoms with Crippen LogP contribution in [-0.4, -0.2) is 5.78 Å². The number of Topliss-reactive ketones (excluding diaryl/α,β-unsaturated/α-hetero) is 1. The van der Waals surface area contributed by atoms with Crippen LogP contribution in [0.4, 0.5) is 0 Å². The van der Waals surface area contributed by atoms with Gasteiger partial charge in [0.25, 0.3) is 0 Å². The third-order valence-corrected chi connectivity index (χ3v) is 2.77. The zero-order valence-corrected chi connectivity index (χ0v) is 5.60. The third kappa shape index (κ3) is 0.707. The number of carbonyl (C=O) groups excluding carboxylic acids is 1. The summed E-state index contributed by atoms with van der Waals surface area (Å²) in [6.45, 7) is 0. The van der Waals surface area contributed by atoms with Crippen LogP contribution >= 0.6 is 0 Å².